The molecule has 0 aromatic heterocycles. The van der Waals surface area contributed by atoms with E-state index in [1.165, 1.54) is 0 Å². The van der Waals surface area contributed by atoms with Gasteiger partial charge in [0.05, 0.1) is 9.79 Å². The molecule has 0 heterocycles. The van der Waals surface area contributed by atoms with Gasteiger partial charge < -0.3 is 0 Å². The van der Waals surface area contributed by atoms with Crippen LogP contribution < -0.4 is 0 Å². The molecular formula is C12H10Na3O2S. The largest absolute Gasteiger partial charge is 0.219 e. The van der Waals surface area contributed by atoms with Crippen LogP contribution in [-0.2, 0) is 9.84 Å². The summed E-state index contributed by atoms with van der Waals surface area (Å²) in [6, 6.07) is 16.9. The normalized spacial score (nSPS) is 9.33. The zero-order chi connectivity index (χ0) is 10.7. The van der Waals surface area contributed by atoms with Gasteiger partial charge in [0, 0.05) is 88.7 Å². The van der Waals surface area contributed by atoms with Gasteiger partial charge in [-0.05, 0) is 24.3 Å². The molecule has 0 unspecified atom stereocenters. The number of hydrogen-bond donors (Lipinski definition) is 0. The van der Waals surface area contributed by atoms with Gasteiger partial charge in [-0.1, -0.05) is 36.4 Å². The van der Waals surface area contributed by atoms with Gasteiger partial charge in [-0.15, -0.1) is 0 Å². The summed E-state index contributed by atoms with van der Waals surface area (Å²) < 4.78 is 24.1. The maximum absolute atomic E-state index is 12.0. The summed E-state index contributed by atoms with van der Waals surface area (Å²) in [4.78, 5) is 0.660. The van der Waals surface area contributed by atoms with Crippen LogP contribution in [0.25, 0.3) is 0 Å². The average Bonchev–Trinajstić information content (AvgIpc) is 2.31. The Morgan fingerprint density at radius 3 is 1.11 bits per heavy atom. The van der Waals surface area contributed by atoms with Crippen molar-refractivity contribution in [3.8, 4) is 0 Å². The van der Waals surface area contributed by atoms with Crippen LogP contribution in [0.3, 0.4) is 0 Å². The van der Waals surface area contributed by atoms with Crippen molar-refractivity contribution >= 4 is 98.5 Å². The van der Waals surface area contributed by atoms with Crippen molar-refractivity contribution in [2.24, 2.45) is 0 Å². The molecule has 0 fully saturated rings. The first-order chi connectivity index (χ1) is 7.21. The van der Waals surface area contributed by atoms with E-state index in [4.69, 9.17) is 0 Å². The van der Waals surface area contributed by atoms with Crippen molar-refractivity contribution in [2.75, 3.05) is 0 Å². The van der Waals surface area contributed by atoms with E-state index in [0.29, 0.717) is 9.79 Å². The fourth-order valence-electron chi connectivity index (χ4n) is 1.34. The molecule has 0 spiro atoms. The Morgan fingerprint density at radius 2 is 0.833 bits per heavy atom. The van der Waals surface area contributed by atoms with Crippen LogP contribution in [0.1, 0.15) is 0 Å². The van der Waals surface area contributed by atoms with Crippen molar-refractivity contribution in [3.05, 3.63) is 60.7 Å². The summed E-state index contributed by atoms with van der Waals surface area (Å²) in [5.41, 5.74) is 0. The van der Waals surface area contributed by atoms with Crippen LogP contribution in [0.4, 0.5) is 0 Å². The first-order valence-corrected chi connectivity index (χ1v) is 6.05. The Balaban J connectivity index is 0. The third-order valence-electron chi connectivity index (χ3n) is 2.11. The fraction of sp³-hybridized carbons (Fsp3) is 0. The first kappa shape index (κ1) is 21.7. The van der Waals surface area contributed by atoms with Crippen molar-refractivity contribution in [1.29, 1.82) is 0 Å². The van der Waals surface area contributed by atoms with Crippen molar-refractivity contribution in [2.45, 2.75) is 9.79 Å². The minimum Gasteiger partial charge on any atom is -0.219 e. The monoisotopic (exact) mass is 287 g/mol. The molecule has 2 aromatic rings. The van der Waals surface area contributed by atoms with E-state index >= 15 is 0 Å². The summed E-state index contributed by atoms with van der Waals surface area (Å²) in [5, 5.41) is 0. The molecule has 0 aliphatic carbocycles. The fourth-order valence-corrected chi connectivity index (χ4v) is 2.64. The van der Waals surface area contributed by atoms with E-state index in [9.17, 15) is 8.42 Å². The van der Waals surface area contributed by atoms with Crippen LogP contribution in [-0.4, -0.2) is 97.1 Å². The predicted molar refractivity (Wildman–Crippen MR) is 75.6 cm³/mol. The average molecular weight is 287 g/mol. The molecule has 0 N–H and O–H groups in total. The molecular weight excluding hydrogens is 277 g/mol. The molecule has 2 nitrogen and oxygen atoms in total. The second-order valence-corrected chi connectivity index (χ2v) is 5.08. The third kappa shape index (κ3) is 5.41. The number of benzene rings is 2. The van der Waals surface area contributed by atoms with Crippen molar-refractivity contribution < 1.29 is 8.42 Å². The second-order valence-electron chi connectivity index (χ2n) is 3.13. The van der Waals surface area contributed by atoms with Gasteiger partial charge in [-0.2, -0.15) is 0 Å². The van der Waals surface area contributed by atoms with Crippen molar-refractivity contribution in [1.82, 2.24) is 0 Å². The number of sulfone groups is 1. The molecule has 0 saturated carbocycles. The molecule has 6 heteroatoms. The molecule has 0 bridgehead atoms. The first-order valence-electron chi connectivity index (χ1n) is 4.56. The smallest absolute Gasteiger partial charge is 0.206 e. The topological polar surface area (TPSA) is 34.1 Å². The summed E-state index contributed by atoms with van der Waals surface area (Å²) in [7, 11) is -3.34. The van der Waals surface area contributed by atoms with Gasteiger partial charge in [0.1, 0.15) is 0 Å². The molecule has 18 heavy (non-hydrogen) atoms. The van der Waals surface area contributed by atoms with Crippen LogP contribution in [0, 0.1) is 0 Å². The van der Waals surface area contributed by atoms with Gasteiger partial charge in [0.25, 0.3) is 0 Å². The second kappa shape index (κ2) is 10.2. The van der Waals surface area contributed by atoms with Gasteiger partial charge in [0.15, 0.2) is 0 Å². The molecule has 2 rings (SSSR count). The Bertz CT molecular complexity index is 497. The maximum atomic E-state index is 12.0. The molecule has 0 aliphatic rings. The van der Waals surface area contributed by atoms with E-state index in [1.54, 1.807) is 60.7 Å². The Kier molecular flexibility index (Phi) is 12.2. The van der Waals surface area contributed by atoms with Crippen LogP contribution in [0.2, 0.25) is 0 Å². The summed E-state index contributed by atoms with van der Waals surface area (Å²) in [6.07, 6.45) is 0. The zero-order valence-electron chi connectivity index (χ0n) is 11.0. The van der Waals surface area contributed by atoms with E-state index < -0.39 is 9.84 Å². The van der Waals surface area contributed by atoms with Crippen LogP contribution >= 0.6 is 0 Å². The minimum absolute atomic E-state index is 0. The molecule has 0 aliphatic heterocycles. The quantitative estimate of drug-likeness (QED) is 0.782. The summed E-state index contributed by atoms with van der Waals surface area (Å²) in [6.45, 7) is 0. The predicted octanol–water partition coefficient (Wildman–Crippen LogP) is 1.38. The Labute approximate surface area is 174 Å². The maximum Gasteiger partial charge on any atom is 0.206 e. The van der Waals surface area contributed by atoms with Gasteiger partial charge in [-0.3, -0.25) is 0 Å². The minimum atomic E-state index is -3.34. The number of rotatable bonds is 2. The van der Waals surface area contributed by atoms with E-state index in [0.717, 1.165) is 0 Å². The zero-order valence-corrected chi connectivity index (χ0v) is 17.8. The SMILES string of the molecule is O=S(=O)(c1ccccc1)c1ccccc1.[Na].[Na].[Na]. The van der Waals surface area contributed by atoms with Crippen molar-refractivity contribution in [3.63, 3.8) is 0 Å². The Hall–Kier alpha value is 1.39. The molecule has 2 aromatic carbocycles. The van der Waals surface area contributed by atoms with Gasteiger partial charge in [-0.25, -0.2) is 8.42 Å². The summed E-state index contributed by atoms with van der Waals surface area (Å²) >= 11 is 0. The summed E-state index contributed by atoms with van der Waals surface area (Å²) in [5.74, 6) is 0. The Morgan fingerprint density at radius 1 is 0.556 bits per heavy atom. The molecule has 79 valence electrons. The molecule has 0 amide bonds. The van der Waals surface area contributed by atoms with Gasteiger partial charge >= 0.3 is 0 Å². The van der Waals surface area contributed by atoms with E-state index in [-0.39, 0.29) is 88.7 Å². The van der Waals surface area contributed by atoms with E-state index in [1.807, 2.05) is 0 Å². The van der Waals surface area contributed by atoms with E-state index in [2.05, 4.69) is 0 Å². The number of hydrogen-bond acceptors (Lipinski definition) is 2. The third-order valence-corrected chi connectivity index (χ3v) is 3.89. The standard InChI is InChI=1S/C12H10O2S.3Na/c13-15(14,11-7-3-1-4-8-11)12-9-5-2-6-10-12;;;/h1-10H;;;. The van der Waals surface area contributed by atoms with Crippen LogP contribution in [0.15, 0.2) is 70.5 Å². The van der Waals surface area contributed by atoms with Gasteiger partial charge in [0.2, 0.25) is 9.84 Å². The molecule has 0 atom stereocenters. The molecule has 3 radical (unpaired) electrons. The van der Waals surface area contributed by atoms with Crippen LogP contribution in [0.5, 0.6) is 0 Å². The molecule has 0 saturated heterocycles.